The Bertz CT molecular complexity index is 361. The van der Waals surface area contributed by atoms with E-state index in [1.165, 1.54) is 0 Å². The first kappa shape index (κ1) is 11.6. The highest BCUT2D eigenvalue weighted by Gasteiger charge is 2.12. The van der Waals surface area contributed by atoms with Gasteiger partial charge in [0, 0.05) is 6.04 Å². The van der Waals surface area contributed by atoms with Crippen LogP contribution in [-0.4, -0.2) is 17.1 Å². The summed E-state index contributed by atoms with van der Waals surface area (Å²) in [6.45, 7) is 5.82. The third kappa shape index (κ3) is 2.98. The molecule has 3 heteroatoms. The van der Waals surface area contributed by atoms with Crippen LogP contribution in [0.5, 0.6) is 5.75 Å². The highest BCUT2D eigenvalue weighted by atomic mass is 16.3. The minimum Gasteiger partial charge on any atom is -0.507 e. The molecule has 3 nitrogen and oxygen atoms in total. The van der Waals surface area contributed by atoms with Gasteiger partial charge in [0.15, 0.2) is 0 Å². The van der Waals surface area contributed by atoms with E-state index in [1.54, 1.807) is 18.2 Å². The molecule has 1 rings (SSSR count). The summed E-state index contributed by atoms with van der Waals surface area (Å²) in [5, 5.41) is 12.3. The average Bonchev–Trinajstić information content (AvgIpc) is 2.21. The second-order valence-corrected chi connectivity index (χ2v) is 3.80. The van der Waals surface area contributed by atoms with Gasteiger partial charge in [-0.05, 0) is 32.4 Å². The number of phenols is 1. The molecule has 0 aliphatic rings. The standard InChI is InChI=1S/C12H17NO2/c1-4-9(3)13-12(15)10-7-8(2)5-6-11(10)14/h5-7,9,14H,4H2,1-3H3,(H,13,15)/t9-/m0/s1. The van der Waals surface area contributed by atoms with Crippen LogP contribution in [0.4, 0.5) is 0 Å². The number of amides is 1. The molecular weight excluding hydrogens is 190 g/mol. The summed E-state index contributed by atoms with van der Waals surface area (Å²) in [5.74, 6) is -0.188. The monoisotopic (exact) mass is 207 g/mol. The number of aryl methyl sites for hydroxylation is 1. The summed E-state index contributed by atoms with van der Waals surface area (Å²) in [5.41, 5.74) is 1.30. The van der Waals surface area contributed by atoms with Crippen molar-refractivity contribution in [2.24, 2.45) is 0 Å². The fraction of sp³-hybridized carbons (Fsp3) is 0.417. The van der Waals surface area contributed by atoms with E-state index in [1.807, 2.05) is 20.8 Å². The zero-order valence-corrected chi connectivity index (χ0v) is 9.37. The Balaban J connectivity index is 2.86. The Labute approximate surface area is 90.1 Å². The van der Waals surface area contributed by atoms with E-state index in [9.17, 15) is 9.90 Å². The number of hydrogen-bond acceptors (Lipinski definition) is 2. The zero-order valence-electron chi connectivity index (χ0n) is 9.37. The Kier molecular flexibility index (Phi) is 3.72. The van der Waals surface area contributed by atoms with E-state index in [4.69, 9.17) is 0 Å². The van der Waals surface area contributed by atoms with Crippen LogP contribution in [0.1, 0.15) is 36.2 Å². The van der Waals surface area contributed by atoms with Gasteiger partial charge in [-0.15, -0.1) is 0 Å². The second kappa shape index (κ2) is 4.82. The average molecular weight is 207 g/mol. The molecule has 0 fully saturated rings. The molecule has 0 aliphatic carbocycles. The van der Waals surface area contributed by atoms with Gasteiger partial charge in [-0.1, -0.05) is 18.6 Å². The van der Waals surface area contributed by atoms with Crippen molar-refractivity contribution in [1.29, 1.82) is 0 Å². The first-order valence-electron chi connectivity index (χ1n) is 5.15. The molecule has 1 aromatic carbocycles. The molecule has 0 saturated heterocycles. The molecule has 82 valence electrons. The van der Waals surface area contributed by atoms with E-state index in [0.717, 1.165) is 12.0 Å². The number of benzene rings is 1. The molecule has 0 spiro atoms. The lowest BCUT2D eigenvalue weighted by atomic mass is 10.1. The fourth-order valence-corrected chi connectivity index (χ4v) is 1.24. The van der Waals surface area contributed by atoms with Crippen LogP contribution in [-0.2, 0) is 0 Å². The van der Waals surface area contributed by atoms with Crippen LogP contribution in [0.25, 0.3) is 0 Å². The van der Waals surface area contributed by atoms with Crippen LogP contribution in [0.15, 0.2) is 18.2 Å². The van der Waals surface area contributed by atoms with Crippen LogP contribution in [0.3, 0.4) is 0 Å². The number of phenolic OH excluding ortho intramolecular Hbond substituents is 1. The van der Waals surface area contributed by atoms with Crippen LogP contribution in [0.2, 0.25) is 0 Å². The Morgan fingerprint density at radius 1 is 1.53 bits per heavy atom. The highest BCUT2D eigenvalue weighted by molar-refractivity contribution is 5.97. The maximum Gasteiger partial charge on any atom is 0.255 e. The number of aromatic hydroxyl groups is 1. The molecule has 1 aromatic rings. The highest BCUT2D eigenvalue weighted by Crippen LogP contribution is 2.18. The summed E-state index contributed by atoms with van der Waals surface area (Å²) in [6.07, 6.45) is 0.873. The number of carbonyl (C=O) groups excluding carboxylic acids is 1. The van der Waals surface area contributed by atoms with Crippen LogP contribution < -0.4 is 5.32 Å². The van der Waals surface area contributed by atoms with Crippen molar-refractivity contribution in [2.45, 2.75) is 33.2 Å². The first-order valence-corrected chi connectivity index (χ1v) is 5.15. The number of hydrogen-bond donors (Lipinski definition) is 2. The van der Waals surface area contributed by atoms with Gasteiger partial charge in [-0.3, -0.25) is 4.79 Å². The van der Waals surface area contributed by atoms with Gasteiger partial charge in [-0.2, -0.15) is 0 Å². The SMILES string of the molecule is CC[C@H](C)NC(=O)c1cc(C)ccc1O. The number of rotatable bonds is 3. The van der Waals surface area contributed by atoms with Crippen molar-refractivity contribution in [2.75, 3.05) is 0 Å². The largest absolute Gasteiger partial charge is 0.507 e. The van der Waals surface area contributed by atoms with Gasteiger partial charge in [0.25, 0.3) is 5.91 Å². The summed E-state index contributed by atoms with van der Waals surface area (Å²) in [4.78, 5) is 11.7. The lowest BCUT2D eigenvalue weighted by Crippen LogP contribution is -2.31. The fourth-order valence-electron chi connectivity index (χ4n) is 1.24. The van der Waals surface area contributed by atoms with Gasteiger partial charge in [0.2, 0.25) is 0 Å². The maximum absolute atomic E-state index is 11.7. The molecule has 0 bridgehead atoms. The Hall–Kier alpha value is -1.51. The molecule has 0 aromatic heterocycles. The number of carbonyl (C=O) groups is 1. The van der Waals surface area contributed by atoms with Gasteiger partial charge in [-0.25, -0.2) is 0 Å². The third-order valence-electron chi connectivity index (χ3n) is 2.39. The van der Waals surface area contributed by atoms with E-state index >= 15 is 0 Å². The molecule has 15 heavy (non-hydrogen) atoms. The van der Waals surface area contributed by atoms with Gasteiger partial charge in [0.05, 0.1) is 5.56 Å². The quantitative estimate of drug-likeness (QED) is 0.798. The molecule has 2 N–H and O–H groups in total. The Morgan fingerprint density at radius 3 is 2.80 bits per heavy atom. The van der Waals surface area contributed by atoms with Gasteiger partial charge < -0.3 is 10.4 Å². The molecule has 0 radical (unpaired) electrons. The topological polar surface area (TPSA) is 49.3 Å². The van der Waals surface area contributed by atoms with Crippen molar-refractivity contribution < 1.29 is 9.90 Å². The van der Waals surface area contributed by atoms with E-state index in [2.05, 4.69) is 5.32 Å². The lowest BCUT2D eigenvalue weighted by molar-refractivity contribution is 0.0936. The van der Waals surface area contributed by atoms with Crippen molar-refractivity contribution in [3.63, 3.8) is 0 Å². The molecule has 0 saturated carbocycles. The first-order chi connectivity index (χ1) is 7.04. The smallest absolute Gasteiger partial charge is 0.255 e. The van der Waals surface area contributed by atoms with Crippen molar-refractivity contribution in [3.05, 3.63) is 29.3 Å². The molecule has 0 heterocycles. The van der Waals surface area contributed by atoms with E-state index < -0.39 is 0 Å². The predicted octanol–water partition coefficient (Wildman–Crippen LogP) is 2.23. The minimum atomic E-state index is -0.217. The predicted molar refractivity (Wildman–Crippen MR) is 60.1 cm³/mol. The summed E-state index contributed by atoms with van der Waals surface area (Å²) >= 11 is 0. The van der Waals surface area contributed by atoms with Gasteiger partial charge >= 0.3 is 0 Å². The molecular formula is C12H17NO2. The number of nitrogens with one attached hydrogen (secondary N) is 1. The summed E-state index contributed by atoms with van der Waals surface area (Å²) in [7, 11) is 0. The van der Waals surface area contributed by atoms with Crippen LogP contribution in [0, 0.1) is 6.92 Å². The van der Waals surface area contributed by atoms with E-state index in [0.29, 0.717) is 5.56 Å². The van der Waals surface area contributed by atoms with E-state index in [-0.39, 0.29) is 17.7 Å². The lowest BCUT2D eigenvalue weighted by Gasteiger charge is -2.12. The normalized spacial score (nSPS) is 12.2. The van der Waals surface area contributed by atoms with Crippen molar-refractivity contribution in [3.8, 4) is 5.75 Å². The third-order valence-corrected chi connectivity index (χ3v) is 2.39. The van der Waals surface area contributed by atoms with Crippen molar-refractivity contribution >= 4 is 5.91 Å². The maximum atomic E-state index is 11.7. The van der Waals surface area contributed by atoms with Crippen LogP contribution >= 0.6 is 0 Å². The summed E-state index contributed by atoms with van der Waals surface area (Å²) < 4.78 is 0. The minimum absolute atomic E-state index is 0.0291. The molecule has 0 aliphatic heterocycles. The second-order valence-electron chi connectivity index (χ2n) is 3.80. The molecule has 1 atom stereocenters. The Morgan fingerprint density at radius 2 is 2.20 bits per heavy atom. The summed E-state index contributed by atoms with van der Waals surface area (Å²) in [6, 6.07) is 5.13. The molecule has 1 amide bonds. The molecule has 0 unspecified atom stereocenters. The van der Waals surface area contributed by atoms with Gasteiger partial charge in [0.1, 0.15) is 5.75 Å². The van der Waals surface area contributed by atoms with Crippen molar-refractivity contribution in [1.82, 2.24) is 5.32 Å². The zero-order chi connectivity index (χ0) is 11.4.